The van der Waals surface area contributed by atoms with Gasteiger partial charge in [0.25, 0.3) is 0 Å². The molecule has 4 rings (SSSR count). The van der Waals surface area contributed by atoms with E-state index in [4.69, 9.17) is 4.74 Å². The van der Waals surface area contributed by atoms with Crippen LogP contribution in [0.1, 0.15) is 13.3 Å². The first-order valence-corrected chi connectivity index (χ1v) is 10.8. The molecule has 144 valence electrons. The number of ether oxygens (including phenoxy) is 1. The third-order valence-corrected chi connectivity index (χ3v) is 9.36. The molecular formula is C19H20Br2N2O4. The molecular weight excluding hydrogens is 480 g/mol. The summed E-state index contributed by atoms with van der Waals surface area (Å²) in [7, 11) is 1.52. The number of amides is 3. The maximum absolute atomic E-state index is 13.0. The Labute approximate surface area is 174 Å². The lowest BCUT2D eigenvalue weighted by Gasteiger charge is -2.28. The second-order valence-corrected chi connectivity index (χ2v) is 9.53. The second-order valence-electron chi connectivity index (χ2n) is 7.42. The average Bonchev–Trinajstić information content (AvgIpc) is 3.26. The van der Waals surface area contributed by atoms with E-state index in [9.17, 15) is 14.4 Å². The van der Waals surface area contributed by atoms with Crippen molar-refractivity contribution in [2.75, 3.05) is 12.4 Å². The van der Waals surface area contributed by atoms with Crippen molar-refractivity contribution in [1.82, 2.24) is 4.90 Å². The highest BCUT2D eigenvalue weighted by Crippen LogP contribution is 2.60. The van der Waals surface area contributed by atoms with Gasteiger partial charge in [-0.05, 0) is 37.3 Å². The Kier molecular flexibility index (Phi) is 4.83. The lowest BCUT2D eigenvalue weighted by molar-refractivity contribution is -0.146. The zero-order chi connectivity index (χ0) is 19.5. The molecule has 1 aromatic rings. The molecule has 1 aliphatic heterocycles. The Morgan fingerprint density at radius 2 is 1.70 bits per heavy atom. The van der Waals surface area contributed by atoms with Gasteiger partial charge in [-0.1, -0.05) is 44.0 Å². The largest absolute Gasteiger partial charge is 0.495 e. The number of halogens is 2. The number of fused-ring (bicyclic) bond motifs is 5. The van der Waals surface area contributed by atoms with E-state index in [1.807, 2.05) is 0 Å². The fourth-order valence-corrected chi connectivity index (χ4v) is 6.73. The van der Waals surface area contributed by atoms with E-state index in [1.54, 1.807) is 31.2 Å². The molecule has 1 aromatic carbocycles. The zero-order valence-electron chi connectivity index (χ0n) is 14.9. The number of benzene rings is 1. The minimum absolute atomic E-state index is 0.135. The number of rotatable bonds is 4. The zero-order valence-corrected chi connectivity index (χ0v) is 18.1. The molecule has 8 heteroatoms. The van der Waals surface area contributed by atoms with Crippen LogP contribution in [-0.4, -0.2) is 45.4 Å². The molecule has 1 N–H and O–H groups in total. The molecule has 2 aliphatic carbocycles. The van der Waals surface area contributed by atoms with Crippen molar-refractivity contribution in [3.8, 4) is 5.75 Å². The SMILES string of the molecule is COc1ccccc1NC(=O)[C@H](C)N1C(=O)[C@@H]2[C@@H]3C[C@H]([C@@H](Br)[C@H]3Br)[C@@H]2C1=O. The van der Waals surface area contributed by atoms with E-state index >= 15 is 0 Å². The lowest BCUT2D eigenvalue weighted by Crippen LogP contribution is -2.46. The summed E-state index contributed by atoms with van der Waals surface area (Å²) in [6.45, 7) is 1.60. The standard InChI is InChI=1S/C19H20Br2N2O4/c1-8(17(24)22-11-5-3-4-6-12(11)27-2)23-18(25)13-9-7-10(14(13)19(23)26)16(21)15(9)20/h3-6,8-10,13-16H,7H2,1-2H3,(H,22,24)/t8-,9-,10-,13-,14+,15+,16-/m0/s1. The predicted molar refractivity (Wildman–Crippen MR) is 107 cm³/mol. The third kappa shape index (κ3) is 2.75. The highest BCUT2D eigenvalue weighted by atomic mass is 79.9. The van der Waals surface area contributed by atoms with Gasteiger partial charge in [0.15, 0.2) is 0 Å². The number of imide groups is 1. The van der Waals surface area contributed by atoms with E-state index in [0.717, 1.165) is 6.42 Å². The first kappa shape index (κ1) is 18.9. The Hall–Kier alpha value is -1.41. The molecule has 2 bridgehead atoms. The van der Waals surface area contributed by atoms with E-state index in [2.05, 4.69) is 37.2 Å². The number of para-hydroxylation sites is 2. The topological polar surface area (TPSA) is 75.7 Å². The molecule has 6 nitrogen and oxygen atoms in total. The van der Waals surface area contributed by atoms with Crippen LogP contribution in [0.2, 0.25) is 0 Å². The Balaban J connectivity index is 1.54. The number of methoxy groups -OCH3 is 1. The number of nitrogens with zero attached hydrogens (tertiary/aromatic N) is 1. The van der Waals surface area contributed by atoms with E-state index in [0.29, 0.717) is 11.4 Å². The van der Waals surface area contributed by atoms with Gasteiger partial charge in [0.2, 0.25) is 17.7 Å². The van der Waals surface area contributed by atoms with Gasteiger partial charge in [-0.15, -0.1) is 0 Å². The van der Waals surface area contributed by atoms with Crippen LogP contribution in [0.25, 0.3) is 0 Å². The number of carbonyl (C=O) groups excluding carboxylic acids is 3. The quantitative estimate of drug-likeness (QED) is 0.510. The van der Waals surface area contributed by atoms with Crippen LogP contribution in [0.15, 0.2) is 24.3 Å². The number of alkyl halides is 2. The minimum Gasteiger partial charge on any atom is -0.495 e. The van der Waals surface area contributed by atoms with Gasteiger partial charge in [0, 0.05) is 9.65 Å². The number of nitrogens with one attached hydrogen (secondary N) is 1. The van der Waals surface area contributed by atoms with Crippen molar-refractivity contribution >= 4 is 55.3 Å². The van der Waals surface area contributed by atoms with E-state index < -0.39 is 11.9 Å². The Morgan fingerprint density at radius 3 is 2.26 bits per heavy atom. The molecule has 0 spiro atoms. The summed E-state index contributed by atoms with van der Waals surface area (Å²) in [5.41, 5.74) is 0.511. The molecule has 7 atom stereocenters. The van der Waals surface area contributed by atoms with Crippen molar-refractivity contribution < 1.29 is 19.1 Å². The summed E-state index contributed by atoms with van der Waals surface area (Å²) in [6.07, 6.45) is 0.869. The van der Waals surface area contributed by atoms with Crippen LogP contribution in [0.4, 0.5) is 5.69 Å². The van der Waals surface area contributed by atoms with Gasteiger partial charge >= 0.3 is 0 Å². The third-order valence-electron chi connectivity index (χ3n) is 6.15. The molecule has 1 heterocycles. The van der Waals surface area contributed by atoms with E-state index in [-0.39, 0.29) is 45.1 Å². The second kappa shape index (κ2) is 6.88. The maximum atomic E-state index is 13.0. The lowest BCUT2D eigenvalue weighted by atomic mass is 9.81. The van der Waals surface area contributed by atoms with Crippen LogP contribution in [0, 0.1) is 23.7 Å². The molecule has 3 fully saturated rings. The van der Waals surface area contributed by atoms with Crippen molar-refractivity contribution in [3.63, 3.8) is 0 Å². The van der Waals surface area contributed by atoms with E-state index in [1.165, 1.54) is 12.0 Å². The van der Waals surface area contributed by atoms with Crippen molar-refractivity contribution in [1.29, 1.82) is 0 Å². The van der Waals surface area contributed by atoms with Gasteiger partial charge in [-0.25, -0.2) is 0 Å². The normalized spacial score (nSPS) is 35.3. The number of likely N-dealkylation sites (tertiary alicyclic amines) is 1. The molecule has 27 heavy (non-hydrogen) atoms. The minimum atomic E-state index is -0.873. The van der Waals surface area contributed by atoms with Crippen LogP contribution in [0.5, 0.6) is 5.75 Å². The Morgan fingerprint density at radius 1 is 1.15 bits per heavy atom. The predicted octanol–water partition coefficient (Wildman–Crippen LogP) is 2.80. The molecule has 0 aromatic heterocycles. The van der Waals surface area contributed by atoms with Gasteiger partial charge in [-0.3, -0.25) is 19.3 Å². The molecule has 2 saturated carbocycles. The van der Waals surface area contributed by atoms with Crippen molar-refractivity contribution in [2.45, 2.75) is 29.0 Å². The molecule has 3 amide bonds. The fourth-order valence-electron chi connectivity index (χ4n) is 4.86. The number of hydrogen-bond acceptors (Lipinski definition) is 4. The van der Waals surface area contributed by atoms with Gasteiger partial charge < -0.3 is 10.1 Å². The van der Waals surface area contributed by atoms with Gasteiger partial charge in [0.05, 0.1) is 24.6 Å². The fraction of sp³-hybridized carbons (Fsp3) is 0.526. The molecule has 3 aliphatic rings. The maximum Gasteiger partial charge on any atom is 0.247 e. The molecule has 1 saturated heterocycles. The summed E-state index contributed by atoms with van der Waals surface area (Å²) in [4.78, 5) is 40.3. The first-order chi connectivity index (χ1) is 12.9. The van der Waals surface area contributed by atoms with Crippen molar-refractivity contribution in [3.05, 3.63) is 24.3 Å². The molecule has 0 radical (unpaired) electrons. The summed E-state index contributed by atoms with van der Waals surface area (Å²) in [6, 6.07) is 6.17. The highest BCUT2D eigenvalue weighted by Gasteiger charge is 2.67. The van der Waals surface area contributed by atoms with Crippen LogP contribution < -0.4 is 10.1 Å². The average molecular weight is 500 g/mol. The molecule has 0 unspecified atom stereocenters. The van der Waals surface area contributed by atoms with Crippen LogP contribution in [-0.2, 0) is 14.4 Å². The van der Waals surface area contributed by atoms with Gasteiger partial charge in [0.1, 0.15) is 11.8 Å². The smallest absolute Gasteiger partial charge is 0.247 e. The van der Waals surface area contributed by atoms with Crippen LogP contribution >= 0.6 is 31.9 Å². The number of hydrogen-bond donors (Lipinski definition) is 1. The highest BCUT2D eigenvalue weighted by molar-refractivity contribution is 9.12. The van der Waals surface area contributed by atoms with Crippen LogP contribution in [0.3, 0.4) is 0 Å². The van der Waals surface area contributed by atoms with Crippen molar-refractivity contribution in [2.24, 2.45) is 23.7 Å². The number of anilines is 1. The summed E-state index contributed by atoms with van der Waals surface area (Å²) in [5, 5.41) is 2.77. The Bertz CT molecular complexity index is 785. The first-order valence-electron chi connectivity index (χ1n) is 8.95. The monoisotopic (exact) mass is 498 g/mol. The summed E-state index contributed by atoms with van der Waals surface area (Å²) in [5.74, 6) is -0.682. The summed E-state index contributed by atoms with van der Waals surface area (Å²) < 4.78 is 5.24. The summed E-state index contributed by atoms with van der Waals surface area (Å²) >= 11 is 7.34. The van der Waals surface area contributed by atoms with Gasteiger partial charge in [-0.2, -0.15) is 0 Å². The number of carbonyl (C=O) groups is 3.